The molecule has 0 aliphatic carbocycles. The molecule has 38 heavy (non-hydrogen) atoms. The van der Waals surface area contributed by atoms with Crippen LogP contribution in [0.15, 0.2) is 72.8 Å². The summed E-state index contributed by atoms with van der Waals surface area (Å²) < 4.78 is 0. The third-order valence-corrected chi connectivity index (χ3v) is 8.12. The lowest BCUT2D eigenvalue weighted by Gasteiger charge is -2.35. The Labute approximate surface area is 233 Å². The molecule has 1 nitrogen and oxygen atoms in total. The van der Waals surface area contributed by atoms with E-state index in [0.29, 0.717) is 0 Å². The van der Waals surface area contributed by atoms with Crippen molar-refractivity contribution in [1.82, 2.24) is 0 Å². The highest BCUT2D eigenvalue weighted by molar-refractivity contribution is 5.54. The topological polar surface area (TPSA) is 20.2 Å². The van der Waals surface area contributed by atoms with Gasteiger partial charge in [0.25, 0.3) is 0 Å². The molecule has 0 unspecified atom stereocenters. The lowest BCUT2D eigenvalue weighted by atomic mass is 9.73. The summed E-state index contributed by atoms with van der Waals surface area (Å²) in [6, 6.07) is 26.1. The molecule has 0 spiro atoms. The maximum absolute atomic E-state index is 13.2. The van der Waals surface area contributed by atoms with E-state index < -0.39 is 5.60 Å². The molecule has 1 N–H and O–H groups in total. The van der Waals surface area contributed by atoms with Gasteiger partial charge in [0.1, 0.15) is 5.60 Å². The standard InChI is InChI=1S/C37H52O/c1-4-7-10-13-22-31-25-16-19-28-34(31)37(38,35-29-20-17-26-32(35)23-14-11-8-5-2)36-30-21-18-27-33(36)24-15-12-9-6-3/h16-21,25-30,38H,4-15,22-24H2,1-3H3. The van der Waals surface area contributed by atoms with E-state index in [1.807, 2.05) is 0 Å². The Morgan fingerprint density at radius 3 is 1.00 bits per heavy atom. The highest BCUT2D eigenvalue weighted by Crippen LogP contribution is 2.42. The lowest BCUT2D eigenvalue weighted by molar-refractivity contribution is 0.122. The molecule has 206 valence electrons. The monoisotopic (exact) mass is 512 g/mol. The Kier molecular flexibility index (Phi) is 13.1. The largest absolute Gasteiger partial charge is 0.376 e. The van der Waals surface area contributed by atoms with Gasteiger partial charge < -0.3 is 5.11 Å². The van der Waals surface area contributed by atoms with Gasteiger partial charge in [0, 0.05) is 0 Å². The summed E-state index contributed by atoms with van der Waals surface area (Å²) in [4.78, 5) is 0. The molecule has 0 aliphatic rings. The Hall–Kier alpha value is -2.38. The Bertz CT molecular complexity index is 931. The van der Waals surface area contributed by atoms with Gasteiger partial charge in [-0.05, 0) is 71.9 Å². The summed E-state index contributed by atoms with van der Waals surface area (Å²) in [6.45, 7) is 6.80. The number of unbranched alkanes of at least 4 members (excludes halogenated alkanes) is 9. The van der Waals surface area contributed by atoms with Crippen molar-refractivity contribution in [2.75, 3.05) is 0 Å². The van der Waals surface area contributed by atoms with E-state index in [9.17, 15) is 5.11 Å². The molecule has 0 aliphatic heterocycles. The fraction of sp³-hybridized carbons (Fsp3) is 0.514. The van der Waals surface area contributed by atoms with E-state index in [2.05, 4.69) is 93.6 Å². The van der Waals surface area contributed by atoms with E-state index in [0.717, 1.165) is 55.2 Å². The first-order valence-corrected chi connectivity index (χ1v) is 15.6. The molecule has 0 radical (unpaired) electrons. The van der Waals surface area contributed by atoms with Crippen LogP contribution in [0.4, 0.5) is 0 Å². The summed E-state index contributed by atoms with van der Waals surface area (Å²) in [5, 5.41) is 13.2. The molecule has 0 atom stereocenters. The third-order valence-electron chi connectivity index (χ3n) is 8.12. The molecular formula is C37H52O. The van der Waals surface area contributed by atoms with E-state index in [4.69, 9.17) is 0 Å². The predicted octanol–water partition coefficient (Wildman–Crippen LogP) is 10.3. The van der Waals surface area contributed by atoms with E-state index in [1.54, 1.807) is 0 Å². The lowest BCUT2D eigenvalue weighted by Crippen LogP contribution is -2.33. The SMILES string of the molecule is CCCCCCc1ccccc1C(O)(c1ccccc1CCCCCC)c1ccccc1CCCCCC. The summed E-state index contributed by atoms with van der Waals surface area (Å²) >= 11 is 0. The fourth-order valence-electron chi connectivity index (χ4n) is 5.94. The maximum atomic E-state index is 13.2. The van der Waals surface area contributed by atoms with Gasteiger partial charge in [0.2, 0.25) is 0 Å². The smallest absolute Gasteiger partial charge is 0.141 e. The summed E-state index contributed by atoms with van der Waals surface area (Å²) in [7, 11) is 0. The average Bonchev–Trinajstić information content (AvgIpc) is 2.96. The zero-order chi connectivity index (χ0) is 27.1. The van der Waals surface area contributed by atoms with E-state index in [1.165, 1.54) is 74.5 Å². The Balaban J connectivity index is 2.12. The molecule has 0 saturated carbocycles. The van der Waals surface area contributed by atoms with Crippen LogP contribution in [0.2, 0.25) is 0 Å². The number of rotatable bonds is 18. The van der Waals surface area contributed by atoms with Gasteiger partial charge >= 0.3 is 0 Å². The van der Waals surface area contributed by atoms with Gasteiger partial charge in [0.15, 0.2) is 0 Å². The van der Waals surface area contributed by atoms with Gasteiger partial charge in [-0.25, -0.2) is 0 Å². The quantitative estimate of drug-likeness (QED) is 0.133. The normalized spacial score (nSPS) is 11.7. The van der Waals surface area contributed by atoms with Crippen molar-refractivity contribution < 1.29 is 5.11 Å². The molecule has 0 aromatic heterocycles. The molecule has 3 rings (SSSR count). The van der Waals surface area contributed by atoms with Crippen LogP contribution in [0.1, 0.15) is 131 Å². The van der Waals surface area contributed by atoms with E-state index in [-0.39, 0.29) is 0 Å². The van der Waals surface area contributed by atoms with Crippen LogP contribution in [-0.4, -0.2) is 5.11 Å². The number of hydrogen-bond donors (Lipinski definition) is 1. The van der Waals surface area contributed by atoms with Crippen molar-refractivity contribution in [3.05, 3.63) is 106 Å². The number of aliphatic hydroxyl groups is 1. The first-order valence-electron chi connectivity index (χ1n) is 15.6. The zero-order valence-corrected chi connectivity index (χ0v) is 24.5. The van der Waals surface area contributed by atoms with Crippen molar-refractivity contribution in [1.29, 1.82) is 0 Å². The van der Waals surface area contributed by atoms with Gasteiger partial charge in [-0.15, -0.1) is 0 Å². The predicted molar refractivity (Wildman–Crippen MR) is 165 cm³/mol. The Morgan fingerprint density at radius 2 is 0.711 bits per heavy atom. The van der Waals surface area contributed by atoms with Crippen molar-refractivity contribution in [3.8, 4) is 0 Å². The second kappa shape index (κ2) is 16.6. The van der Waals surface area contributed by atoms with Crippen molar-refractivity contribution >= 4 is 0 Å². The van der Waals surface area contributed by atoms with Gasteiger partial charge in [0.05, 0.1) is 0 Å². The minimum absolute atomic E-state index is 1.01. The molecule has 0 heterocycles. The second-order valence-electron chi connectivity index (χ2n) is 11.1. The van der Waals surface area contributed by atoms with Crippen molar-refractivity contribution in [2.45, 2.75) is 123 Å². The molecule has 3 aromatic carbocycles. The minimum atomic E-state index is -1.16. The number of benzene rings is 3. The van der Waals surface area contributed by atoms with Crippen LogP contribution in [0.25, 0.3) is 0 Å². The first-order chi connectivity index (χ1) is 18.7. The first kappa shape index (κ1) is 30.2. The highest BCUT2D eigenvalue weighted by atomic mass is 16.3. The summed E-state index contributed by atoms with van der Waals surface area (Å²) in [6.07, 6.45) is 17.8. The van der Waals surface area contributed by atoms with Crippen LogP contribution >= 0.6 is 0 Å². The zero-order valence-electron chi connectivity index (χ0n) is 24.5. The van der Waals surface area contributed by atoms with Crippen LogP contribution in [0.5, 0.6) is 0 Å². The fourth-order valence-corrected chi connectivity index (χ4v) is 5.94. The number of aryl methyl sites for hydroxylation is 3. The van der Waals surface area contributed by atoms with Crippen molar-refractivity contribution in [3.63, 3.8) is 0 Å². The Morgan fingerprint density at radius 1 is 0.421 bits per heavy atom. The van der Waals surface area contributed by atoms with Crippen LogP contribution in [0.3, 0.4) is 0 Å². The molecule has 0 fully saturated rings. The third kappa shape index (κ3) is 8.06. The number of hydrogen-bond acceptors (Lipinski definition) is 1. The highest BCUT2D eigenvalue weighted by Gasteiger charge is 2.38. The molecule has 1 heteroatoms. The molecular weight excluding hydrogens is 460 g/mol. The van der Waals surface area contributed by atoms with Crippen molar-refractivity contribution in [2.24, 2.45) is 0 Å². The maximum Gasteiger partial charge on any atom is 0.141 e. The van der Waals surface area contributed by atoms with Gasteiger partial charge in [-0.2, -0.15) is 0 Å². The van der Waals surface area contributed by atoms with E-state index >= 15 is 0 Å². The molecule has 3 aromatic rings. The van der Waals surface area contributed by atoms with Crippen LogP contribution < -0.4 is 0 Å². The van der Waals surface area contributed by atoms with Crippen LogP contribution in [-0.2, 0) is 24.9 Å². The molecule has 0 saturated heterocycles. The van der Waals surface area contributed by atoms with Gasteiger partial charge in [-0.3, -0.25) is 0 Å². The molecule has 0 bridgehead atoms. The summed E-state index contributed by atoms with van der Waals surface area (Å²) in [5.41, 5.74) is 5.90. The van der Waals surface area contributed by atoms with Crippen LogP contribution in [0, 0.1) is 0 Å². The summed E-state index contributed by atoms with van der Waals surface area (Å²) in [5.74, 6) is 0. The molecule has 0 amide bonds. The van der Waals surface area contributed by atoms with Gasteiger partial charge in [-0.1, -0.05) is 151 Å². The average molecular weight is 513 g/mol. The minimum Gasteiger partial charge on any atom is -0.376 e. The second-order valence-corrected chi connectivity index (χ2v) is 11.1.